The first-order valence-corrected chi connectivity index (χ1v) is 10.0. The minimum absolute atomic E-state index is 0.0642. The second-order valence-electron chi connectivity index (χ2n) is 3.75. The molecule has 1 rings (SSSR count). The molecule has 102 valence electrons. The third-order valence-electron chi connectivity index (χ3n) is 2.19. The minimum Gasteiger partial charge on any atom is -0.399 e. The highest BCUT2D eigenvalue weighted by molar-refractivity contribution is 8.56. The second kappa shape index (κ2) is 6.91. The van der Waals surface area contributed by atoms with Crippen molar-refractivity contribution in [3.63, 3.8) is 0 Å². The number of nitrogens with two attached hydrogens (primary N) is 1. The van der Waals surface area contributed by atoms with E-state index in [-0.39, 0.29) is 5.17 Å². The lowest BCUT2D eigenvalue weighted by Gasteiger charge is -2.14. The van der Waals surface area contributed by atoms with E-state index >= 15 is 0 Å². The second-order valence-corrected chi connectivity index (χ2v) is 9.23. The van der Waals surface area contributed by atoms with Crippen LogP contribution in [0.1, 0.15) is 24.5 Å². The summed E-state index contributed by atoms with van der Waals surface area (Å²) in [6.07, 6.45) is 0.888. The van der Waals surface area contributed by atoms with Gasteiger partial charge in [-0.25, -0.2) is 10.1 Å². The monoisotopic (exact) mass is 324 g/mol. The lowest BCUT2D eigenvalue weighted by Crippen LogP contribution is -2.13. The Balaban J connectivity index is 2.56. The van der Waals surface area contributed by atoms with Crippen LogP contribution in [0.5, 0.6) is 0 Å². The Bertz CT molecular complexity index is 476. The van der Waals surface area contributed by atoms with E-state index in [0.29, 0.717) is 5.75 Å². The van der Waals surface area contributed by atoms with Crippen LogP contribution in [0.4, 0.5) is 5.00 Å². The van der Waals surface area contributed by atoms with Gasteiger partial charge in [-0.15, -0.1) is 11.3 Å². The van der Waals surface area contributed by atoms with E-state index in [9.17, 15) is 4.57 Å². The van der Waals surface area contributed by atoms with Gasteiger partial charge in [0.15, 0.2) is 0 Å². The fourth-order valence-corrected chi connectivity index (χ4v) is 5.16. The topological polar surface area (TPSA) is 64.4 Å². The maximum atomic E-state index is 11.9. The van der Waals surface area contributed by atoms with Gasteiger partial charge in [-0.3, -0.25) is 0 Å². The summed E-state index contributed by atoms with van der Waals surface area (Å²) in [5.41, 5.74) is 7.87. The molecular weight excluding hydrogens is 307 g/mol. The average molecular weight is 324 g/mol. The zero-order valence-corrected chi connectivity index (χ0v) is 13.9. The van der Waals surface area contributed by atoms with Crippen LogP contribution in [0.3, 0.4) is 0 Å². The van der Waals surface area contributed by atoms with E-state index in [2.05, 4.69) is 5.32 Å². The normalized spacial score (nSPS) is 14.0. The van der Waals surface area contributed by atoms with Gasteiger partial charge in [-0.2, -0.15) is 0 Å². The molecule has 1 unspecified atom stereocenters. The predicted octanol–water partition coefficient (Wildman–Crippen LogP) is 4.29. The summed E-state index contributed by atoms with van der Waals surface area (Å²) in [6.45, 7) is 2.80. The van der Waals surface area contributed by atoms with Gasteiger partial charge in [0.2, 0.25) is 0 Å². The first-order valence-electron chi connectivity index (χ1n) is 5.44. The Labute approximate surface area is 121 Å². The van der Waals surface area contributed by atoms with Gasteiger partial charge < -0.3 is 9.84 Å². The lowest BCUT2D eigenvalue weighted by atomic mass is 10.2. The number of aryl methyl sites for hydroxylation is 1. The molecule has 0 radical (unpaired) electrons. The molecule has 1 aromatic rings. The van der Waals surface area contributed by atoms with Gasteiger partial charge in [0, 0.05) is 5.75 Å². The third kappa shape index (κ3) is 4.90. The van der Waals surface area contributed by atoms with Crippen molar-refractivity contribution in [2.75, 3.05) is 11.1 Å². The first kappa shape index (κ1) is 16.0. The molecule has 0 aliphatic rings. The smallest absolute Gasteiger partial charge is 0.373 e. The van der Waals surface area contributed by atoms with E-state index in [1.807, 2.05) is 26.2 Å². The molecule has 0 saturated carbocycles. The predicted molar refractivity (Wildman–Crippen MR) is 85.6 cm³/mol. The molecule has 0 amide bonds. The molecule has 0 aliphatic heterocycles. The molecule has 0 saturated heterocycles. The van der Waals surface area contributed by atoms with Crippen molar-refractivity contribution >= 4 is 51.8 Å². The summed E-state index contributed by atoms with van der Waals surface area (Å²) >= 11 is 7.66. The third-order valence-corrected chi connectivity index (χ3v) is 6.85. The van der Waals surface area contributed by atoms with Crippen molar-refractivity contribution in [2.24, 2.45) is 5.50 Å². The van der Waals surface area contributed by atoms with Crippen LogP contribution in [0, 0.1) is 13.8 Å². The Morgan fingerprint density at radius 1 is 1.67 bits per heavy atom. The Kier molecular flexibility index (Phi) is 6.14. The fraction of sp³-hybridized carbons (Fsp3) is 0.500. The Morgan fingerprint density at radius 3 is 2.83 bits per heavy atom. The van der Waals surface area contributed by atoms with Crippen molar-refractivity contribution < 1.29 is 9.09 Å². The van der Waals surface area contributed by atoms with Crippen molar-refractivity contribution in [3.05, 3.63) is 16.5 Å². The number of thiophene rings is 1. The van der Waals surface area contributed by atoms with E-state index in [4.69, 9.17) is 22.2 Å². The molecule has 0 spiro atoms. The number of thiocarbonyl (C=S) groups is 1. The number of rotatable bonds is 5. The molecule has 0 bridgehead atoms. The van der Waals surface area contributed by atoms with Crippen LogP contribution in [-0.2, 0) is 9.09 Å². The zero-order valence-electron chi connectivity index (χ0n) is 10.6. The van der Waals surface area contributed by atoms with Gasteiger partial charge in [0.25, 0.3) is 5.17 Å². The van der Waals surface area contributed by atoms with Crippen LogP contribution in [0.2, 0.25) is 0 Å². The highest BCUT2D eigenvalue weighted by Gasteiger charge is 2.21. The first-order chi connectivity index (χ1) is 8.35. The maximum Gasteiger partial charge on any atom is 0.373 e. The van der Waals surface area contributed by atoms with E-state index in [1.54, 1.807) is 0 Å². The molecular formula is C10H17N2O2PS3. The SMILES string of the molecule is CCCSP(N)(=O)OC(=S)Nc1scc(C)c1C. The molecule has 18 heavy (non-hydrogen) atoms. The van der Waals surface area contributed by atoms with Crippen LogP contribution >= 0.6 is 41.7 Å². The molecule has 4 nitrogen and oxygen atoms in total. The van der Waals surface area contributed by atoms with Crippen molar-refractivity contribution in [1.82, 2.24) is 0 Å². The quantitative estimate of drug-likeness (QED) is 0.622. The summed E-state index contributed by atoms with van der Waals surface area (Å²) in [4.78, 5) is 0. The van der Waals surface area contributed by atoms with E-state index < -0.39 is 6.72 Å². The molecule has 0 fully saturated rings. The summed E-state index contributed by atoms with van der Waals surface area (Å²) in [6, 6.07) is 0. The highest BCUT2D eigenvalue weighted by atomic mass is 32.7. The average Bonchev–Trinajstić information content (AvgIpc) is 2.57. The molecule has 3 N–H and O–H groups in total. The summed E-state index contributed by atoms with van der Waals surface area (Å²) in [5, 5.41) is 5.91. The summed E-state index contributed by atoms with van der Waals surface area (Å²) in [7, 11) is 0. The lowest BCUT2D eigenvalue weighted by molar-refractivity contribution is 0.502. The van der Waals surface area contributed by atoms with Crippen LogP contribution < -0.4 is 10.8 Å². The number of anilines is 1. The summed E-state index contributed by atoms with van der Waals surface area (Å²) < 4.78 is 17.0. The van der Waals surface area contributed by atoms with Crippen molar-refractivity contribution in [2.45, 2.75) is 27.2 Å². The minimum atomic E-state index is -3.19. The highest BCUT2D eigenvalue weighted by Crippen LogP contribution is 2.52. The summed E-state index contributed by atoms with van der Waals surface area (Å²) in [5.74, 6) is 0.688. The van der Waals surface area contributed by atoms with Gasteiger partial charge in [-0.05, 0) is 60.4 Å². The molecule has 1 heterocycles. The van der Waals surface area contributed by atoms with E-state index in [1.165, 1.54) is 16.9 Å². The standard InChI is InChI=1S/C10H17N2O2PS3/c1-4-5-18-15(11,13)14-10(16)12-9-8(3)7(2)6-17-9/h6H,4-5H2,1-3H3,(H2,11,13)(H,12,16). The number of hydrogen-bond donors (Lipinski definition) is 2. The molecule has 1 aromatic heterocycles. The fourth-order valence-electron chi connectivity index (χ4n) is 1.10. The van der Waals surface area contributed by atoms with Crippen LogP contribution in [0.15, 0.2) is 5.38 Å². The van der Waals surface area contributed by atoms with Gasteiger partial charge in [-0.1, -0.05) is 6.92 Å². The molecule has 8 heteroatoms. The Hall–Kier alpha value is -0.0700. The van der Waals surface area contributed by atoms with Gasteiger partial charge >= 0.3 is 6.72 Å². The van der Waals surface area contributed by atoms with Gasteiger partial charge in [0.1, 0.15) is 0 Å². The molecule has 1 atom stereocenters. The van der Waals surface area contributed by atoms with Crippen molar-refractivity contribution in [1.29, 1.82) is 0 Å². The molecule has 0 aliphatic carbocycles. The van der Waals surface area contributed by atoms with Gasteiger partial charge in [0.05, 0.1) is 5.00 Å². The number of hydrogen-bond acceptors (Lipinski definition) is 5. The Morgan fingerprint density at radius 2 is 2.33 bits per heavy atom. The molecule has 0 aromatic carbocycles. The zero-order chi connectivity index (χ0) is 13.8. The maximum absolute atomic E-state index is 11.9. The number of nitrogens with one attached hydrogen (secondary N) is 1. The van der Waals surface area contributed by atoms with Crippen LogP contribution in [-0.4, -0.2) is 10.9 Å². The van der Waals surface area contributed by atoms with E-state index in [0.717, 1.165) is 28.4 Å². The van der Waals surface area contributed by atoms with Crippen LogP contribution in [0.25, 0.3) is 0 Å². The largest absolute Gasteiger partial charge is 0.399 e. The van der Waals surface area contributed by atoms with Crippen molar-refractivity contribution in [3.8, 4) is 0 Å².